The molecule has 30 heavy (non-hydrogen) atoms. The summed E-state index contributed by atoms with van der Waals surface area (Å²) in [6.45, 7) is 9.53. The summed E-state index contributed by atoms with van der Waals surface area (Å²) in [6.07, 6.45) is 2.52. The Morgan fingerprint density at radius 2 is 2.10 bits per heavy atom. The molecule has 1 aliphatic heterocycles. The van der Waals surface area contributed by atoms with Crippen molar-refractivity contribution >= 4 is 33.4 Å². The van der Waals surface area contributed by atoms with Gasteiger partial charge in [-0.15, -0.1) is 0 Å². The SMILES string of the molecule is C=CCOC(=O)C1C(C)=NC2=C(C(=O)CC(C)(C)C2)[C@H]1c1cc(Br)c(O)c(OC)c1. The fourth-order valence-corrected chi connectivity index (χ4v) is 4.73. The van der Waals surface area contributed by atoms with Crippen molar-refractivity contribution in [2.45, 2.75) is 39.5 Å². The second-order valence-corrected chi connectivity index (χ2v) is 9.34. The Morgan fingerprint density at radius 3 is 2.73 bits per heavy atom. The molecule has 6 nitrogen and oxygen atoms in total. The molecule has 0 spiro atoms. The molecule has 3 rings (SSSR count). The van der Waals surface area contributed by atoms with Crippen LogP contribution < -0.4 is 4.74 Å². The second-order valence-electron chi connectivity index (χ2n) is 8.48. The van der Waals surface area contributed by atoms with Crippen LogP contribution in [-0.2, 0) is 14.3 Å². The number of phenols is 1. The zero-order valence-electron chi connectivity index (χ0n) is 17.6. The fourth-order valence-electron chi connectivity index (χ4n) is 4.27. The molecule has 0 amide bonds. The van der Waals surface area contributed by atoms with E-state index in [0.29, 0.717) is 34.2 Å². The molecule has 0 fully saturated rings. The standard InChI is InChI=1S/C23H26BrNO5/c1-6-7-30-22(28)18-12(2)25-15-10-23(3,4)11-16(26)20(15)19(18)13-8-14(24)21(27)17(9-13)29-5/h6,8-9,18-19,27H,1,7,10-11H2,2-5H3/t18?,19-/m0/s1. The minimum absolute atomic E-state index is 0.0211. The van der Waals surface area contributed by atoms with Gasteiger partial charge in [-0.1, -0.05) is 26.5 Å². The van der Waals surface area contributed by atoms with Gasteiger partial charge in [0.25, 0.3) is 0 Å². The zero-order valence-corrected chi connectivity index (χ0v) is 19.2. The van der Waals surface area contributed by atoms with Gasteiger partial charge < -0.3 is 14.6 Å². The van der Waals surface area contributed by atoms with Crippen LogP contribution in [0.1, 0.15) is 45.1 Å². The molecule has 1 aromatic rings. The molecule has 2 atom stereocenters. The van der Waals surface area contributed by atoms with E-state index in [1.165, 1.54) is 13.2 Å². The molecular weight excluding hydrogens is 450 g/mol. The number of benzene rings is 1. The van der Waals surface area contributed by atoms with E-state index in [2.05, 4.69) is 27.5 Å². The third kappa shape index (κ3) is 4.08. The Bertz CT molecular complexity index is 976. The number of ketones is 1. The Balaban J connectivity index is 2.22. The Labute approximate surface area is 184 Å². The van der Waals surface area contributed by atoms with Crippen molar-refractivity contribution in [1.82, 2.24) is 0 Å². The molecule has 0 bridgehead atoms. The number of nitrogens with zero attached hydrogens (tertiary/aromatic N) is 1. The number of hydrogen-bond acceptors (Lipinski definition) is 6. The van der Waals surface area contributed by atoms with E-state index >= 15 is 0 Å². The maximum Gasteiger partial charge on any atom is 0.315 e. The highest BCUT2D eigenvalue weighted by molar-refractivity contribution is 9.10. The molecule has 2 aliphatic rings. The van der Waals surface area contributed by atoms with Gasteiger partial charge in [0.05, 0.1) is 11.6 Å². The van der Waals surface area contributed by atoms with Gasteiger partial charge in [0.15, 0.2) is 17.3 Å². The lowest BCUT2D eigenvalue weighted by atomic mass is 9.67. The van der Waals surface area contributed by atoms with E-state index in [1.807, 2.05) is 13.8 Å². The largest absolute Gasteiger partial charge is 0.503 e. The van der Waals surface area contributed by atoms with Crippen molar-refractivity contribution in [2.24, 2.45) is 16.3 Å². The molecule has 1 aliphatic carbocycles. The highest BCUT2D eigenvalue weighted by Gasteiger charge is 2.46. The number of hydrogen-bond donors (Lipinski definition) is 1. The lowest BCUT2D eigenvalue weighted by Gasteiger charge is -2.39. The van der Waals surface area contributed by atoms with E-state index in [0.717, 1.165) is 5.70 Å². The predicted octanol–water partition coefficient (Wildman–Crippen LogP) is 4.71. The monoisotopic (exact) mass is 475 g/mol. The van der Waals surface area contributed by atoms with Crippen LogP contribution in [-0.4, -0.2) is 36.3 Å². The summed E-state index contributed by atoms with van der Waals surface area (Å²) in [5.41, 5.74) is 2.33. The maximum atomic E-state index is 13.2. The summed E-state index contributed by atoms with van der Waals surface area (Å²) in [4.78, 5) is 30.9. The van der Waals surface area contributed by atoms with Gasteiger partial charge in [-0.3, -0.25) is 14.6 Å². The molecule has 7 heteroatoms. The van der Waals surface area contributed by atoms with E-state index in [1.54, 1.807) is 19.1 Å². The van der Waals surface area contributed by atoms with Crippen LogP contribution in [0.2, 0.25) is 0 Å². The maximum absolute atomic E-state index is 13.2. The summed E-state index contributed by atoms with van der Waals surface area (Å²) in [7, 11) is 1.45. The van der Waals surface area contributed by atoms with Crippen LogP contribution in [0.5, 0.6) is 11.5 Å². The summed E-state index contributed by atoms with van der Waals surface area (Å²) in [6, 6.07) is 3.38. The predicted molar refractivity (Wildman–Crippen MR) is 118 cm³/mol. The van der Waals surface area contributed by atoms with Crippen molar-refractivity contribution in [1.29, 1.82) is 0 Å². The lowest BCUT2D eigenvalue weighted by Crippen LogP contribution is -2.39. The van der Waals surface area contributed by atoms with Gasteiger partial charge in [-0.05, 0) is 52.4 Å². The molecule has 0 aromatic heterocycles. The number of rotatable bonds is 5. The number of aromatic hydroxyl groups is 1. The number of allylic oxidation sites excluding steroid dienone is 2. The molecule has 1 N–H and O–H groups in total. The van der Waals surface area contributed by atoms with Crippen LogP contribution in [0, 0.1) is 11.3 Å². The van der Waals surface area contributed by atoms with E-state index in [4.69, 9.17) is 9.47 Å². The summed E-state index contributed by atoms with van der Waals surface area (Å²) >= 11 is 3.35. The van der Waals surface area contributed by atoms with Crippen molar-refractivity contribution in [3.63, 3.8) is 0 Å². The van der Waals surface area contributed by atoms with Crippen molar-refractivity contribution in [3.8, 4) is 11.5 Å². The van der Waals surface area contributed by atoms with Gasteiger partial charge in [0.2, 0.25) is 0 Å². The van der Waals surface area contributed by atoms with Crippen molar-refractivity contribution in [2.75, 3.05) is 13.7 Å². The first kappa shape index (κ1) is 22.3. The van der Waals surface area contributed by atoms with Crippen LogP contribution in [0.15, 0.2) is 45.5 Å². The lowest BCUT2D eigenvalue weighted by molar-refractivity contribution is -0.145. The molecule has 1 heterocycles. The minimum Gasteiger partial charge on any atom is -0.503 e. The number of phenolic OH excluding ortho intramolecular Hbond substituents is 1. The third-order valence-electron chi connectivity index (χ3n) is 5.53. The van der Waals surface area contributed by atoms with E-state index in [-0.39, 0.29) is 29.3 Å². The van der Waals surface area contributed by atoms with Crippen molar-refractivity contribution in [3.05, 3.63) is 46.1 Å². The Kier molecular flexibility index (Phi) is 6.22. The van der Waals surface area contributed by atoms with Gasteiger partial charge in [0.1, 0.15) is 12.5 Å². The van der Waals surface area contributed by atoms with Crippen LogP contribution in [0.3, 0.4) is 0 Å². The third-order valence-corrected chi connectivity index (χ3v) is 6.13. The summed E-state index contributed by atoms with van der Waals surface area (Å²) in [5, 5.41) is 10.2. The second kappa shape index (κ2) is 8.38. The first-order chi connectivity index (χ1) is 14.1. The van der Waals surface area contributed by atoms with E-state index in [9.17, 15) is 14.7 Å². The molecule has 160 valence electrons. The number of methoxy groups -OCH3 is 1. The van der Waals surface area contributed by atoms with Crippen LogP contribution in [0.4, 0.5) is 0 Å². The average Bonchev–Trinajstić information content (AvgIpc) is 2.66. The Morgan fingerprint density at radius 1 is 1.40 bits per heavy atom. The average molecular weight is 476 g/mol. The van der Waals surface area contributed by atoms with Gasteiger partial charge in [0, 0.05) is 29.3 Å². The van der Waals surface area contributed by atoms with Crippen LogP contribution in [0.25, 0.3) is 0 Å². The fraction of sp³-hybridized carbons (Fsp3) is 0.435. The number of carbonyl (C=O) groups excluding carboxylic acids is 2. The smallest absolute Gasteiger partial charge is 0.315 e. The zero-order chi connectivity index (χ0) is 22.2. The van der Waals surface area contributed by atoms with Gasteiger partial charge >= 0.3 is 5.97 Å². The highest BCUT2D eigenvalue weighted by Crippen LogP contribution is 2.49. The summed E-state index contributed by atoms with van der Waals surface area (Å²) < 4.78 is 11.1. The highest BCUT2D eigenvalue weighted by atomic mass is 79.9. The molecule has 0 saturated carbocycles. The number of halogens is 1. The molecule has 0 radical (unpaired) electrons. The van der Waals surface area contributed by atoms with Gasteiger partial charge in [-0.2, -0.15) is 0 Å². The Hall–Kier alpha value is -2.41. The molecule has 1 aromatic carbocycles. The topological polar surface area (TPSA) is 85.2 Å². The quantitative estimate of drug-likeness (QED) is 0.492. The first-order valence-corrected chi connectivity index (χ1v) is 10.5. The molecule has 0 saturated heterocycles. The summed E-state index contributed by atoms with van der Waals surface area (Å²) in [5.74, 6) is -1.61. The van der Waals surface area contributed by atoms with Crippen molar-refractivity contribution < 1.29 is 24.2 Å². The first-order valence-electron chi connectivity index (χ1n) is 9.75. The molecule has 1 unspecified atom stereocenters. The number of carbonyl (C=O) groups is 2. The van der Waals surface area contributed by atoms with E-state index < -0.39 is 17.8 Å². The minimum atomic E-state index is -0.755. The molecular formula is C23H26BrNO5. The number of Topliss-reactive ketones (excluding diaryl/α,β-unsaturated/α-hetero) is 1. The number of ether oxygens (including phenoxy) is 2. The normalized spacial score (nSPS) is 22.8. The number of aliphatic imine (C=N–C) groups is 1. The van der Waals surface area contributed by atoms with Crippen LogP contribution >= 0.6 is 15.9 Å². The van der Waals surface area contributed by atoms with Gasteiger partial charge in [-0.25, -0.2) is 0 Å². The number of esters is 1.